The Morgan fingerprint density at radius 3 is 1.23 bits per heavy atom. The molecule has 5 aromatic rings. The molecule has 5 aromatic carbocycles. The van der Waals surface area contributed by atoms with Crippen molar-refractivity contribution in [1.82, 2.24) is 10.6 Å². The van der Waals surface area contributed by atoms with Gasteiger partial charge in [-0.1, -0.05) is 36.4 Å². The van der Waals surface area contributed by atoms with E-state index in [-0.39, 0.29) is 29.3 Å². The van der Waals surface area contributed by atoms with Crippen molar-refractivity contribution in [2.75, 3.05) is 47.4 Å². The summed E-state index contributed by atoms with van der Waals surface area (Å²) in [4.78, 5) is 11.0. The highest BCUT2D eigenvalue weighted by molar-refractivity contribution is 7.80. The number of urea groups is 1. The number of hydrogen-bond acceptors (Lipinski definition) is 6. The van der Waals surface area contributed by atoms with E-state index in [1.54, 1.807) is 12.1 Å². The number of carbonyl (C=O) groups is 1. The number of amides is 2. The number of hydrogen-bond donors (Lipinski definition) is 10. The van der Waals surface area contributed by atoms with Crippen molar-refractivity contribution >= 4 is 57.8 Å². The maximum atomic E-state index is 12.5. The highest BCUT2D eigenvalue weighted by Gasteiger charge is 2.01. The van der Waals surface area contributed by atoms with Crippen LogP contribution in [0.25, 0.3) is 11.1 Å². The Balaban J connectivity index is 0.000000262. The summed E-state index contributed by atoms with van der Waals surface area (Å²) >= 11 is 4.95. The van der Waals surface area contributed by atoms with Crippen molar-refractivity contribution in [2.45, 2.75) is 27.7 Å². The molecule has 14 heteroatoms. The second-order valence-corrected chi connectivity index (χ2v) is 12.0. The van der Waals surface area contributed by atoms with Gasteiger partial charge in [0.1, 0.15) is 23.3 Å². The van der Waals surface area contributed by atoms with E-state index in [2.05, 4.69) is 63.1 Å². The molecule has 296 valence electrons. The van der Waals surface area contributed by atoms with Crippen LogP contribution in [-0.4, -0.2) is 49.0 Å². The molecule has 0 saturated carbocycles. The maximum absolute atomic E-state index is 12.5. The highest BCUT2D eigenvalue weighted by Crippen LogP contribution is 2.22. The number of benzene rings is 5. The quantitative estimate of drug-likeness (QED) is 0.0358. The molecule has 0 bridgehead atoms. The van der Waals surface area contributed by atoms with Crippen LogP contribution in [0.2, 0.25) is 0 Å². The van der Waals surface area contributed by atoms with Crippen LogP contribution < -0.4 is 43.4 Å². The monoisotopic (exact) mass is 782 g/mol. The summed E-state index contributed by atoms with van der Waals surface area (Å²) < 4.78 is 24.9. The summed E-state index contributed by atoms with van der Waals surface area (Å²) in [5, 5.41) is 32.5. The van der Waals surface area contributed by atoms with Crippen molar-refractivity contribution in [3.63, 3.8) is 0 Å². The number of amidine groups is 2. The number of thiocarbonyl (C=S) groups is 1. The summed E-state index contributed by atoms with van der Waals surface area (Å²) in [6, 6.07) is 34.9. The molecule has 2 amide bonds. The minimum absolute atomic E-state index is 0.101. The van der Waals surface area contributed by atoms with Gasteiger partial charge in [0, 0.05) is 60.1 Å². The molecule has 12 N–H and O–H groups in total. The lowest BCUT2D eigenvalue weighted by Gasteiger charge is -2.07. The number of nitrogen functional groups attached to an aromatic ring is 2. The van der Waals surface area contributed by atoms with Gasteiger partial charge < -0.3 is 43.4 Å². The summed E-state index contributed by atoms with van der Waals surface area (Å²) in [6.45, 7) is 11.1. The molecule has 0 aliphatic heterocycles. The average Bonchev–Trinajstić information content (AvgIpc) is 3.18. The van der Waals surface area contributed by atoms with E-state index in [4.69, 9.17) is 34.5 Å². The molecular formula is C42H52F2N10OS. The molecule has 0 radical (unpaired) electrons. The van der Waals surface area contributed by atoms with Crippen LogP contribution in [0.15, 0.2) is 121 Å². The first-order chi connectivity index (χ1) is 26.9. The van der Waals surface area contributed by atoms with Gasteiger partial charge in [0.15, 0.2) is 5.11 Å². The summed E-state index contributed by atoms with van der Waals surface area (Å²) in [5.41, 5.74) is 18.1. The zero-order valence-corrected chi connectivity index (χ0v) is 32.9. The lowest BCUT2D eigenvalue weighted by Crippen LogP contribution is -2.28. The molecule has 0 aliphatic carbocycles. The van der Waals surface area contributed by atoms with E-state index in [9.17, 15) is 13.6 Å². The van der Waals surface area contributed by atoms with Gasteiger partial charge in [-0.2, -0.15) is 0 Å². The smallest absolute Gasteiger partial charge is 0.319 e. The predicted molar refractivity (Wildman–Crippen MR) is 234 cm³/mol. The van der Waals surface area contributed by atoms with Gasteiger partial charge in [0.25, 0.3) is 0 Å². The van der Waals surface area contributed by atoms with Gasteiger partial charge in [-0.15, -0.1) is 0 Å². The van der Waals surface area contributed by atoms with Gasteiger partial charge in [0.2, 0.25) is 0 Å². The minimum Gasteiger partial charge on any atom is -0.385 e. The molecule has 0 aliphatic rings. The fraction of sp³-hybridized carbons (Fsp3) is 0.190. The third-order valence-electron chi connectivity index (χ3n) is 7.25. The molecule has 56 heavy (non-hydrogen) atoms. The Bertz CT molecular complexity index is 1860. The topological polar surface area (TPSA) is 189 Å². The molecule has 0 heterocycles. The van der Waals surface area contributed by atoms with Gasteiger partial charge in [-0.3, -0.25) is 10.8 Å². The zero-order valence-electron chi connectivity index (χ0n) is 32.1. The summed E-state index contributed by atoms with van der Waals surface area (Å²) in [5.74, 6) is -0.358. The molecular weight excluding hydrogens is 731 g/mol. The van der Waals surface area contributed by atoms with Crippen LogP contribution in [0, 0.1) is 22.5 Å². The second-order valence-electron chi connectivity index (χ2n) is 11.6. The SMILES string of the molecule is CCNC(=O)Nc1ccc(F)cc1.CCNC(=S)Nc1ccc(F)cc1.CCNc1ccc(-c2ccc(C(=N)N)cc2)cc1.CCNc1ccc(C(=N)N)cc1. The third kappa shape index (κ3) is 18.0. The zero-order chi connectivity index (χ0) is 41.3. The minimum atomic E-state index is -0.318. The molecule has 0 unspecified atom stereocenters. The van der Waals surface area contributed by atoms with Crippen LogP contribution in [0.1, 0.15) is 38.8 Å². The third-order valence-corrected chi connectivity index (χ3v) is 7.50. The second kappa shape index (κ2) is 25.5. The lowest BCUT2D eigenvalue weighted by atomic mass is 10.0. The van der Waals surface area contributed by atoms with Crippen molar-refractivity contribution in [1.29, 1.82) is 10.8 Å². The van der Waals surface area contributed by atoms with Crippen molar-refractivity contribution in [3.8, 4) is 11.1 Å². The highest BCUT2D eigenvalue weighted by atomic mass is 32.1. The van der Waals surface area contributed by atoms with E-state index in [0.29, 0.717) is 17.3 Å². The molecule has 0 saturated heterocycles. The number of halogens is 2. The molecule has 11 nitrogen and oxygen atoms in total. The maximum Gasteiger partial charge on any atom is 0.319 e. The Hall–Kier alpha value is -6.54. The first-order valence-corrected chi connectivity index (χ1v) is 18.4. The molecule has 0 spiro atoms. The van der Waals surface area contributed by atoms with Crippen molar-refractivity contribution < 1.29 is 13.6 Å². The first kappa shape index (κ1) is 45.6. The molecule has 0 fully saturated rings. The van der Waals surface area contributed by atoms with Crippen molar-refractivity contribution in [2.24, 2.45) is 11.5 Å². The Morgan fingerprint density at radius 1 is 0.518 bits per heavy atom. The normalized spacial score (nSPS) is 9.61. The Kier molecular flexibility index (Phi) is 20.8. The lowest BCUT2D eigenvalue weighted by molar-refractivity contribution is 0.252. The van der Waals surface area contributed by atoms with Crippen LogP contribution in [-0.2, 0) is 0 Å². The molecule has 0 atom stereocenters. The van der Waals surface area contributed by atoms with E-state index in [1.165, 1.54) is 36.4 Å². The van der Waals surface area contributed by atoms with Gasteiger partial charge >= 0.3 is 6.03 Å². The standard InChI is InChI=1S/C15H17N3.C9H11FN2O.C9H11FN2S.C9H13N3/c1-2-18-14-9-7-12(8-10-14)11-3-5-13(6-4-11)15(16)17;2*1-2-11-9(13)12-8-5-3-7(10)4-6-8;1-2-12-8-5-3-7(4-6-8)9(10)11/h3-10,18H,2H2,1H3,(H3,16,17);2*3-6H,2H2,1H3,(H2,11,12,13);3-6,12H,2H2,1H3,(H3,10,11). The molecule has 5 rings (SSSR count). The van der Waals surface area contributed by atoms with E-state index in [1.807, 2.05) is 69.3 Å². The van der Waals surface area contributed by atoms with Crippen LogP contribution in [0.4, 0.5) is 36.3 Å². The van der Waals surface area contributed by atoms with Crippen LogP contribution in [0.3, 0.4) is 0 Å². The van der Waals surface area contributed by atoms with Crippen LogP contribution >= 0.6 is 12.2 Å². The molecule has 0 aromatic heterocycles. The van der Waals surface area contributed by atoms with E-state index in [0.717, 1.165) is 59.0 Å². The first-order valence-electron chi connectivity index (χ1n) is 18.0. The number of nitrogens with two attached hydrogens (primary N) is 2. The predicted octanol–water partition coefficient (Wildman–Crippen LogP) is 8.57. The van der Waals surface area contributed by atoms with Crippen LogP contribution in [0.5, 0.6) is 0 Å². The fourth-order valence-electron chi connectivity index (χ4n) is 4.54. The Labute approximate surface area is 333 Å². The Morgan fingerprint density at radius 2 is 0.857 bits per heavy atom. The summed E-state index contributed by atoms with van der Waals surface area (Å²) in [7, 11) is 0. The summed E-state index contributed by atoms with van der Waals surface area (Å²) in [6.07, 6.45) is 0. The van der Waals surface area contributed by atoms with E-state index < -0.39 is 0 Å². The van der Waals surface area contributed by atoms with Crippen molar-refractivity contribution in [3.05, 3.63) is 144 Å². The largest absolute Gasteiger partial charge is 0.385 e. The van der Waals surface area contributed by atoms with Gasteiger partial charge in [0.05, 0.1) is 0 Å². The number of rotatable bonds is 11. The fourth-order valence-corrected chi connectivity index (χ4v) is 4.80. The number of nitrogens with one attached hydrogen (secondary N) is 8. The number of carbonyl (C=O) groups excluding carboxylic acids is 1. The number of anilines is 4. The van der Waals surface area contributed by atoms with E-state index >= 15 is 0 Å². The average molecular weight is 783 g/mol. The van der Waals surface area contributed by atoms with Gasteiger partial charge in [-0.05, 0) is 136 Å². The van der Waals surface area contributed by atoms with Gasteiger partial charge in [-0.25, -0.2) is 13.6 Å².